The number of carbonyl (C=O) groups excluding carboxylic acids is 1. The quantitative estimate of drug-likeness (QED) is 0.770. The fraction of sp³-hybridized carbons (Fsp3) is 0.389. The Labute approximate surface area is 167 Å². The Morgan fingerprint density at radius 2 is 1.74 bits per heavy atom. The van der Waals surface area contributed by atoms with E-state index in [9.17, 15) is 17.6 Å². The van der Waals surface area contributed by atoms with Crippen LogP contribution in [0, 0.1) is 0 Å². The highest BCUT2D eigenvalue weighted by Gasteiger charge is 2.32. The van der Waals surface area contributed by atoms with Crippen molar-refractivity contribution in [1.82, 2.24) is 4.31 Å². The molecule has 3 rings (SSSR count). The number of hydrogen-bond acceptors (Lipinski definition) is 3. The lowest BCUT2D eigenvalue weighted by molar-refractivity contribution is -0.113. The van der Waals surface area contributed by atoms with E-state index < -0.39 is 22.1 Å². The molecule has 1 aromatic rings. The molecule has 1 aliphatic heterocycles. The van der Waals surface area contributed by atoms with Crippen LogP contribution in [0.5, 0.6) is 0 Å². The first-order chi connectivity index (χ1) is 12.8. The second-order valence-corrected chi connectivity index (χ2v) is 9.30. The number of alkyl halides is 1. The molecule has 0 radical (unpaired) electrons. The monoisotopic (exact) mass is 432 g/mol. The molecule has 5 nitrogen and oxygen atoms in total. The smallest absolute Gasteiger partial charge is 0.254 e. The Hall–Kier alpha value is -1.41. The van der Waals surface area contributed by atoms with Crippen LogP contribution in [0.2, 0.25) is 10.0 Å². The fourth-order valence-corrected chi connectivity index (χ4v) is 5.27. The number of sulfonamides is 1. The number of benzene rings is 1. The third kappa shape index (κ3) is 4.71. The van der Waals surface area contributed by atoms with Gasteiger partial charge in [0.2, 0.25) is 10.0 Å². The number of amides is 1. The molecule has 1 aliphatic carbocycles. The van der Waals surface area contributed by atoms with Gasteiger partial charge in [0.15, 0.2) is 0 Å². The van der Waals surface area contributed by atoms with Crippen molar-refractivity contribution in [2.24, 2.45) is 0 Å². The van der Waals surface area contributed by atoms with Crippen molar-refractivity contribution in [2.45, 2.75) is 31.9 Å². The number of anilines is 1. The standard InChI is InChI=1S/C18H19Cl2FN2O3S/c19-12-8-13(20)10-14(9-12)22-18(24)16-11-15(4-5-17(16)21)27(25,26)23-6-2-1-3-7-23/h4,8-11,17H,1-3,5-7H2,(H,22,24). The SMILES string of the molecule is O=C(Nc1cc(Cl)cc(Cl)c1)C1=CC(S(=O)(=O)N2CCCCC2)=CCC1F. The Kier molecular flexibility index (Phi) is 6.25. The van der Waals surface area contributed by atoms with Crippen molar-refractivity contribution in [1.29, 1.82) is 0 Å². The second-order valence-electron chi connectivity index (χ2n) is 6.49. The Bertz CT molecular complexity index is 889. The summed E-state index contributed by atoms with van der Waals surface area (Å²) in [5.74, 6) is -0.722. The average molecular weight is 433 g/mol. The van der Waals surface area contributed by atoms with Crippen molar-refractivity contribution in [2.75, 3.05) is 18.4 Å². The van der Waals surface area contributed by atoms with E-state index in [0.29, 0.717) is 28.8 Å². The van der Waals surface area contributed by atoms with Crippen LogP contribution in [0.25, 0.3) is 0 Å². The van der Waals surface area contributed by atoms with Crippen LogP contribution >= 0.6 is 23.2 Å². The van der Waals surface area contributed by atoms with Gasteiger partial charge in [-0.2, -0.15) is 4.31 Å². The molecule has 1 amide bonds. The lowest BCUT2D eigenvalue weighted by Crippen LogP contribution is -2.37. The number of rotatable bonds is 4. The topological polar surface area (TPSA) is 66.5 Å². The number of carbonyl (C=O) groups is 1. The summed E-state index contributed by atoms with van der Waals surface area (Å²) < 4.78 is 41.3. The molecule has 146 valence electrons. The molecule has 1 heterocycles. The summed E-state index contributed by atoms with van der Waals surface area (Å²) in [5.41, 5.74) is 0.0739. The minimum Gasteiger partial charge on any atom is -0.322 e. The minimum atomic E-state index is -3.73. The van der Waals surface area contributed by atoms with E-state index in [0.717, 1.165) is 25.3 Å². The molecule has 1 saturated heterocycles. The molecule has 1 fully saturated rings. The Morgan fingerprint density at radius 3 is 2.37 bits per heavy atom. The van der Waals surface area contributed by atoms with E-state index in [2.05, 4.69) is 5.32 Å². The van der Waals surface area contributed by atoms with Gasteiger partial charge >= 0.3 is 0 Å². The van der Waals surface area contributed by atoms with Crippen LogP contribution in [-0.2, 0) is 14.8 Å². The van der Waals surface area contributed by atoms with Gasteiger partial charge in [-0.05, 0) is 37.1 Å². The number of nitrogens with one attached hydrogen (secondary N) is 1. The van der Waals surface area contributed by atoms with E-state index in [1.807, 2.05) is 0 Å². The number of halogens is 3. The van der Waals surface area contributed by atoms with E-state index in [-0.39, 0.29) is 16.9 Å². The third-order valence-corrected chi connectivity index (χ3v) is 6.86. The first kappa shape index (κ1) is 20.3. The normalized spacial score (nSPS) is 21.4. The fourth-order valence-electron chi connectivity index (χ4n) is 3.12. The molecule has 2 aliphatic rings. The van der Waals surface area contributed by atoms with Gasteiger partial charge in [0.05, 0.1) is 10.5 Å². The molecular weight excluding hydrogens is 414 g/mol. The maximum Gasteiger partial charge on any atom is 0.254 e. The van der Waals surface area contributed by atoms with Crippen LogP contribution in [0.4, 0.5) is 10.1 Å². The van der Waals surface area contributed by atoms with Crippen LogP contribution in [0.3, 0.4) is 0 Å². The third-order valence-electron chi connectivity index (χ3n) is 4.50. The number of piperidine rings is 1. The van der Waals surface area contributed by atoms with Crippen LogP contribution in [0.15, 0.2) is 40.8 Å². The maximum atomic E-state index is 14.3. The second kappa shape index (κ2) is 8.31. The van der Waals surface area contributed by atoms with Gasteiger partial charge in [-0.3, -0.25) is 4.79 Å². The van der Waals surface area contributed by atoms with Crippen molar-refractivity contribution < 1.29 is 17.6 Å². The van der Waals surface area contributed by atoms with Gasteiger partial charge in [0.1, 0.15) is 6.17 Å². The Morgan fingerprint density at radius 1 is 1.11 bits per heavy atom. The lowest BCUT2D eigenvalue weighted by atomic mass is 10.0. The van der Waals surface area contributed by atoms with E-state index in [1.165, 1.54) is 28.6 Å². The summed E-state index contributed by atoms with van der Waals surface area (Å²) in [4.78, 5) is 12.5. The highest BCUT2D eigenvalue weighted by molar-refractivity contribution is 7.93. The maximum absolute atomic E-state index is 14.3. The predicted octanol–water partition coefficient (Wildman–Crippen LogP) is 4.30. The molecular formula is C18H19Cl2FN2O3S. The lowest BCUT2D eigenvalue weighted by Gasteiger charge is -2.27. The zero-order valence-electron chi connectivity index (χ0n) is 14.4. The van der Waals surface area contributed by atoms with Crippen LogP contribution < -0.4 is 5.32 Å². The molecule has 1 aromatic carbocycles. The van der Waals surface area contributed by atoms with Crippen molar-refractivity contribution in [3.05, 3.63) is 50.9 Å². The largest absolute Gasteiger partial charge is 0.322 e. The van der Waals surface area contributed by atoms with Crippen LogP contribution in [0.1, 0.15) is 25.7 Å². The average Bonchev–Trinajstić information content (AvgIpc) is 2.61. The minimum absolute atomic E-state index is 0.0347. The summed E-state index contributed by atoms with van der Waals surface area (Å²) in [6.45, 7) is 0.879. The van der Waals surface area contributed by atoms with Gasteiger partial charge < -0.3 is 5.32 Å². The highest BCUT2D eigenvalue weighted by atomic mass is 35.5. The predicted molar refractivity (Wildman–Crippen MR) is 105 cm³/mol. The number of nitrogens with zero attached hydrogens (tertiary/aromatic N) is 1. The zero-order valence-corrected chi connectivity index (χ0v) is 16.7. The first-order valence-electron chi connectivity index (χ1n) is 8.61. The Balaban J connectivity index is 1.83. The van der Waals surface area contributed by atoms with Crippen molar-refractivity contribution in [3.63, 3.8) is 0 Å². The summed E-state index contributed by atoms with van der Waals surface area (Å²) >= 11 is 11.8. The van der Waals surface area contributed by atoms with E-state index in [4.69, 9.17) is 23.2 Å². The molecule has 27 heavy (non-hydrogen) atoms. The molecule has 1 unspecified atom stereocenters. The van der Waals surface area contributed by atoms with Gasteiger partial charge in [-0.25, -0.2) is 12.8 Å². The molecule has 0 aromatic heterocycles. The van der Waals surface area contributed by atoms with E-state index in [1.54, 1.807) is 0 Å². The summed E-state index contributed by atoms with van der Waals surface area (Å²) in [7, 11) is -3.73. The van der Waals surface area contributed by atoms with Gasteiger partial charge in [0, 0.05) is 35.2 Å². The van der Waals surface area contributed by atoms with Crippen molar-refractivity contribution >= 4 is 44.8 Å². The summed E-state index contributed by atoms with van der Waals surface area (Å²) in [6, 6.07) is 4.45. The number of hydrogen-bond donors (Lipinski definition) is 1. The molecule has 0 spiro atoms. The molecule has 1 N–H and O–H groups in total. The van der Waals surface area contributed by atoms with Gasteiger partial charge in [-0.1, -0.05) is 35.7 Å². The number of allylic oxidation sites excluding steroid dienone is 2. The van der Waals surface area contributed by atoms with Gasteiger partial charge in [-0.15, -0.1) is 0 Å². The molecule has 1 atom stereocenters. The molecule has 9 heteroatoms. The van der Waals surface area contributed by atoms with Crippen LogP contribution in [-0.4, -0.2) is 37.9 Å². The summed E-state index contributed by atoms with van der Waals surface area (Å²) in [6.07, 6.45) is 3.29. The first-order valence-corrected chi connectivity index (χ1v) is 10.8. The summed E-state index contributed by atoms with van der Waals surface area (Å²) in [5, 5.41) is 3.16. The molecule has 0 bridgehead atoms. The van der Waals surface area contributed by atoms with E-state index >= 15 is 0 Å². The highest BCUT2D eigenvalue weighted by Crippen LogP contribution is 2.29. The van der Waals surface area contributed by atoms with Gasteiger partial charge in [0.25, 0.3) is 5.91 Å². The van der Waals surface area contributed by atoms with Crippen molar-refractivity contribution in [3.8, 4) is 0 Å². The molecule has 0 saturated carbocycles. The zero-order chi connectivity index (χ0) is 19.6.